The number of nitrogens with zero attached hydrogens (tertiary/aromatic N) is 4. The fourth-order valence-electron chi connectivity index (χ4n) is 3.38. The number of anilines is 1. The largest absolute Gasteiger partial charge is 0.354 e. The maximum Gasteiger partial charge on any atom is 0.225 e. The van der Waals surface area contributed by atoms with E-state index in [1.807, 2.05) is 4.90 Å². The molecule has 0 saturated carbocycles. The molecular formula is C14H12Cl2FN5O. The van der Waals surface area contributed by atoms with E-state index in [9.17, 15) is 9.18 Å². The van der Waals surface area contributed by atoms with Crippen LogP contribution in [0.2, 0.25) is 10.4 Å². The molecule has 0 aliphatic carbocycles. The Morgan fingerprint density at radius 3 is 2.87 bits per heavy atom. The second kappa shape index (κ2) is 5.14. The van der Waals surface area contributed by atoms with Crippen LogP contribution in [-0.2, 0) is 4.79 Å². The van der Waals surface area contributed by atoms with Gasteiger partial charge < -0.3 is 10.2 Å². The molecule has 23 heavy (non-hydrogen) atoms. The zero-order valence-electron chi connectivity index (χ0n) is 11.9. The molecule has 0 aromatic carbocycles. The van der Waals surface area contributed by atoms with Crippen LogP contribution in [-0.4, -0.2) is 39.5 Å². The summed E-state index contributed by atoms with van der Waals surface area (Å²) in [5.74, 6) is -0.140. The molecule has 1 amide bonds. The van der Waals surface area contributed by atoms with Crippen molar-refractivity contribution in [1.82, 2.24) is 20.3 Å². The highest BCUT2D eigenvalue weighted by Gasteiger charge is 2.46. The van der Waals surface area contributed by atoms with Crippen molar-refractivity contribution < 1.29 is 9.18 Å². The zero-order valence-corrected chi connectivity index (χ0v) is 13.5. The number of carbonyl (C=O) groups is 1. The van der Waals surface area contributed by atoms with Gasteiger partial charge in [0.1, 0.15) is 11.3 Å². The Bertz CT molecular complexity index is 822. The number of amides is 1. The second-order valence-electron chi connectivity index (χ2n) is 5.97. The molecule has 6 nitrogen and oxygen atoms in total. The first-order chi connectivity index (χ1) is 11.0. The monoisotopic (exact) mass is 355 g/mol. The first-order valence-corrected chi connectivity index (χ1v) is 7.96. The van der Waals surface area contributed by atoms with E-state index < -0.39 is 5.82 Å². The van der Waals surface area contributed by atoms with Crippen molar-refractivity contribution in [3.63, 3.8) is 0 Å². The summed E-state index contributed by atoms with van der Waals surface area (Å²) in [6.07, 6.45) is 3.77. The highest BCUT2D eigenvalue weighted by atomic mass is 35.5. The maximum atomic E-state index is 14.2. The van der Waals surface area contributed by atoms with Crippen LogP contribution in [0.5, 0.6) is 0 Å². The Morgan fingerprint density at radius 2 is 2.13 bits per heavy atom. The van der Waals surface area contributed by atoms with Crippen molar-refractivity contribution >= 4 is 45.8 Å². The summed E-state index contributed by atoms with van der Waals surface area (Å²) < 4.78 is 14.2. The summed E-state index contributed by atoms with van der Waals surface area (Å²) >= 11 is 11.7. The van der Waals surface area contributed by atoms with E-state index in [1.54, 1.807) is 0 Å². The van der Waals surface area contributed by atoms with Gasteiger partial charge in [0.05, 0.1) is 17.3 Å². The first-order valence-electron chi connectivity index (χ1n) is 7.21. The number of hydrogen-bond donors (Lipinski definition) is 1. The average molecular weight is 356 g/mol. The van der Waals surface area contributed by atoms with E-state index >= 15 is 0 Å². The molecule has 1 N–H and O–H groups in total. The van der Waals surface area contributed by atoms with Crippen LogP contribution in [0.4, 0.5) is 10.2 Å². The molecule has 2 fully saturated rings. The van der Waals surface area contributed by atoms with Gasteiger partial charge in [-0.3, -0.25) is 4.79 Å². The van der Waals surface area contributed by atoms with Crippen LogP contribution < -0.4 is 10.2 Å². The van der Waals surface area contributed by atoms with Crippen molar-refractivity contribution in [2.75, 3.05) is 18.0 Å². The topological polar surface area (TPSA) is 71.0 Å². The van der Waals surface area contributed by atoms with Crippen molar-refractivity contribution in [3.8, 4) is 0 Å². The van der Waals surface area contributed by atoms with Gasteiger partial charge in [0.15, 0.2) is 11.0 Å². The number of halogens is 3. The number of fused-ring (bicyclic) bond motifs is 1. The molecule has 2 aliphatic heterocycles. The van der Waals surface area contributed by atoms with E-state index in [1.165, 1.54) is 6.20 Å². The Hall–Kier alpha value is -1.73. The molecule has 4 heterocycles. The summed E-state index contributed by atoms with van der Waals surface area (Å²) in [6, 6.07) is 0. The number of β-lactam (4-membered cyclic amide) rings is 1. The van der Waals surface area contributed by atoms with Gasteiger partial charge in [0, 0.05) is 19.3 Å². The summed E-state index contributed by atoms with van der Waals surface area (Å²) in [4.78, 5) is 25.3. The third-order valence-corrected chi connectivity index (χ3v) is 4.81. The Labute approximate surface area is 141 Å². The fourth-order valence-corrected chi connectivity index (χ4v) is 3.68. The lowest BCUT2D eigenvalue weighted by molar-refractivity contribution is -0.133. The quantitative estimate of drug-likeness (QED) is 0.483. The average Bonchev–Trinajstić information content (AvgIpc) is 2.50. The molecule has 0 bridgehead atoms. The van der Waals surface area contributed by atoms with Crippen LogP contribution in [0.25, 0.3) is 10.9 Å². The van der Waals surface area contributed by atoms with Crippen molar-refractivity contribution in [2.24, 2.45) is 0 Å². The van der Waals surface area contributed by atoms with E-state index in [-0.39, 0.29) is 27.4 Å². The van der Waals surface area contributed by atoms with Gasteiger partial charge in [-0.2, -0.15) is 4.98 Å². The SMILES string of the molecule is O=C1CC2(CCCN(c3nc(Cl)nc4c(F)c(Cl)ncc34)C2)N1. The second-order valence-corrected chi connectivity index (χ2v) is 6.67. The van der Waals surface area contributed by atoms with Gasteiger partial charge in [0.25, 0.3) is 0 Å². The number of nitrogens with one attached hydrogen (secondary N) is 1. The van der Waals surface area contributed by atoms with E-state index in [2.05, 4.69) is 20.3 Å². The van der Waals surface area contributed by atoms with Gasteiger partial charge in [-0.25, -0.2) is 14.4 Å². The molecule has 0 radical (unpaired) electrons. The number of piperidine rings is 1. The van der Waals surface area contributed by atoms with Crippen LogP contribution in [0, 0.1) is 5.82 Å². The third-order valence-electron chi connectivity index (χ3n) is 4.37. The first kappa shape index (κ1) is 14.8. The number of pyridine rings is 1. The molecule has 9 heteroatoms. The highest BCUT2D eigenvalue weighted by molar-refractivity contribution is 6.30. The number of rotatable bonds is 1. The van der Waals surface area contributed by atoms with E-state index in [4.69, 9.17) is 23.2 Å². The minimum Gasteiger partial charge on any atom is -0.354 e. The van der Waals surface area contributed by atoms with Gasteiger partial charge in [0.2, 0.25) is 11.2 Å². The third kappa shape index (κ3) is 2.38. The molecular weight excluding hydrogens is 344 g/mol. The highest BCUT2D eigenvalue weighted by Crippen LogP contribution is 2.35. The van der Waals surface area contributed by atoms with E-state index in [0.29, 0.717) is 24.2 Å². The summed E-state index contributed by atoms with van der Waals surface area (Å²) in [5.41, 5.74) is -0.172. The van der Waals surface area contributed by atoms with Gasteiger partial charge in [-0.1, -0.05) is 11.6 Å². The van der Waals surface area contributed by atoms with Crippen molar-refractivity contribution in [2.45, 2.75) is 24.8 Å². The lowest BCUT2D eigenvalue weighted by Crippen LogP contribution is -2.68. The molecule has 2 aromatic rings. The molecule has 1 atom stereocenters. The van der Waals surface area contributed by atoms with Crippen LogP contribution in [0.1, 0.15) is 19.3 Å². The number of hydrogen-bond acceptors (Lipinski definition) is 5. The fraction of sp³-hybridized carbons (Fsp3) is 0.429. The van der Waals surface area contributed by atoms with Crippen LogP contribution >= 0.6 is 23.2 Å². The van der Waals surface area contributed by atoms with E-state index in [0.717, 1.165) is 19.4 Å². The van der Waals surface area contributed by atoms with Gasteiger partial charge in [-0.05, 0) is 24.4 Å². The van der Waals surface area contributed by atoms with Crippen molar-refractivity contribution in [1.29, 1.82) is 0 Å². The minimum atomic E-state index is -0.710. The Balaban J connectivity index is 1.79. The molecule has 120 valence electrons. The zero-order chi connectivity index (χ0) is 16.2. The molecule has 4 rings (SSSR count). The molecule has 2 aromatic heterocycles. The number of aromatic nitrogens is 3. The number of carbonyl (C=O) groups excluding carboxylic acids is 1. The maximum absolute atomic E-state index is 14.2. The summed E-state index contributed by atoms with van der Waals surface area (Å²) in [7, 11) is 0. The lowest BCUT2D eigenvalue weighted by atomic mass is 9.80. The predicted octanol–water partition coefficient (Wildman–Crippen LogP) is 2.33. The Kier molecular flexibility index (Phi) is 3.32. The lowest BCUT2D eigenvalue weighted by Gasteiger charge is -2.49. The van der Waals surface area contributed by atoms with Crippen LogP contribution in [0.3, 0.4) is 0 Å². The molecule has 1 spiro atoms. The van der Waals surface area contributed by atoms with Crippen LogP contribution in [0.15, 0.2) is 6.20 Å². The standard InChI is InChI=1S/C14H12Cl2FN5O/c15-11-9(17)10-7(5-18-11)12(20-13(16)19-10)22-3-1-2-14(6-22)4-8(23)21-14/h5H,1-4,6H2,(H,21,23). The molecule has 2 saturated heterocycles. The normalized spacial score (nSPS) is 24.0. The summed E-state index contributed by atoms with van der Waals surface area (Å²) in [5, 5.41) is 3.13. The Morgan fingerprint density at radius 1 is 1.35 bits per heavy atom. The minimum absolute atomic E-state index is 0.0501. The molecule has 2 aliphatic rings. The smallest absolute Gasteiger partial charge is 0.225 e. The predicted molar refractivity (Wildman–Crippen MR) is 84.2 cm³/mol. The summed E-state index contributed by atoms with van der Waals surface area (Å²) in [6.45, 7) is 1.34. The van der Waals surface area contributed by atoms with Gasteiger partial charge in [-0.15, -0.1) is 0 Å². The molecule has 1 unspecified atom stereocenters. The van der Waals surface area contributed by atoms with Gasteiger partial charge >= 0.3 is 0 Å². The van der Waals surface area contributed by atoms with Crippen molar-refractivity contribution in [3.05, 3.63) is 22.5 Å².